The summed E-state index contributed by atoms with van der Waals surface area (Å²) < 4.78 is 16.5. The van der Waals surface area contributed by atoms with E-state index in [2.05, 4.69) is 15.3 Å². The third-order valence-electron chi connectivity index (χ3n) is 5.70. The Labute approximate surface area is 215 Å². The average molecular weight is 511 g/mol. The normalized spacial score (nSPS) is 11.7. The quantitative estimate of drug-likeness (QED) is 0.261. The first-order chi connectivity index (χ1) is 18.4. The number of benzene rings is 2. The molecule has 3 aromatic heterocycles. The second-order valence-electron chi connectivity index (χ2n) is 8.26. The molecule has 0 saturated heterocycles. The van der Waals surface area contributed by atoms with E-state index in [0.717, 1.165) is 0 Å². The third-order valence-corrected chi connectivity index (χ3v) is 5.70. The second kappa shape index (κ2) is 10.4. The zero-order chi connectivity index (χ0) is 26.6. The highest BCUT2D eigenvalue weighted by atomic mass is 16.5. The maximum Gasteiger partial charge on any atom is 0.338 e. The maximum atomic E-state index is 13.0. The topological polar surface area (TPSA) is 145 Å². The van der Waals surface area contributed by atoms with E-state index in [1.54, 1.807) is 49.4 Å². The Balaban J connectivity index is 1.39. The minimum atomic E-state index is -1.12. The number of carboxylic acid groups (broad SMARTS) is 1. The van der Waals surface area contributed by atoms with Crippen molar-refractivity contribution in [1.82, 2.24) is 9.97 Å². The molecule has 10 nitrogen and oxygen atoms in total. The summed E-state index contributed by atoms with van der Waals surface area (Å²) in [7, 11) is 0. The first kappa shape index (κ1) is 24.4. The van der Waals surface area contributed by atoms with Gasteiger partial charge in [-0.25, -0.2) is 19.6 Å². The summed E-state index contributed by atoms with van der Waals surface area (Å²) >= 11 is 0. The van der Waals surface area contributed by atoms with E-state index in [0.29, 0.717) is 33.9 Å². The summed E-state index contributed by atoms with van der Waals surface area (Å²) in [5.41, 5.74) is 2.36. The molecule has 0 fully saturated rings. The van der Waals surface area contributed by atoms with Gasteiger partial charge in [-0.3, -0.25) is 4.79 Å². The minimum absolute atomic E-state index is 0.0224. The molecule has 2 N–H and O–H groups in total. The van der Waals surface area contributed by atoms with Gasteiger partial charge < -0.3 is 24.0 Å². The molecule has 3 heterocycles. The molecule has 5 aromatic rings. The van der Waals surface area contributed by atoms with Crippen molar-refractivity contribution >= 4 is 34.6 Å². The summed E-state index contributed by atoms with van der Waals surface area (Å²) in [6.07, 6.45) is 2.17. The molecule has 5 rings (SSSR count). The Hall–Kier alpha value is -5.25. The van der Waals surface area contributed by atoms with Crippen LogP contribution in [0.1, 0.15) is 34.1 Å². The number of carbonyl (C=O) groups is 3. The fourth-order valence-electron chi connectivity index (χ4n) is 3.82. The molecular weight excluding hydrogens is 490 g/mol. The van der Waals surface area contributed by atoms with Crippen LogP contribution >= 0.6 is 0 Å². The molecule has 10 heteroatoms. The number of hydrogen-bond acceptors (Lipinski definition) is 8. The van der Waals surface area contributed by atoms with E-state index in [4.69, 9.17) is 18.7 Å². The Morgan fingerprint density at radius 3 is 2.16 bits per heavy atom. The van der Waals surface area contributed by atoms with E-state index in [1.165, 1.54) is 36.8 Å². The number of esters is 1. The monoisotopic (exact) mass is 511 g/mol. The van der Waals surface area contributed by atoms with Crippen molar-refractivity contribution in [2.24, 2.45) is 0 Å². The summed E-state index contributed by atoms with van der Waals surface area (Å²) in [4.78, 5) is 46.3. The molecular formula is C28H21N3O7. The van der Waals surface area contributed by atoms with Crippen LogP contribution in [0.3, 0.4) is 0 Å². The zero-order valence-corrected chi connectivity index (χ0v) is 20.1. The van der Waals surface area contributed by atoms with Crippen LogP contribution in [0.15, 0.2) is 88.1 Å². The number of nitrogens with one attached hydrogen (secondary N) is 1. The van der Waals surface area contributed by atoms with Gasteiger partial charge in [0.05, 0.1) is 34.7 Å². The van der Waals surface area contributed by atoms with Crippen molar-refractivity contribution in [1.29, 1.82) is 0 Å². The van der Waals surface area contributed by atoms with Crippen molar-refractivity contribution < 1.29 is 33.1 Å². The number of aromatic carboxylic acids is 1. The highest BCUT2D eigenvalue weighted by Crippen LogP contribution is 2.31. The summed E-state index contributed by atoms with van der Waals surface area (Å²) in [6, 6.07) is 17.5. The lowest BCUT2D eigenvalue weighted by Crippen LogP contribution is -2.32. The van der Waals surface area contributed by atoms with Gasteiger partial charge in [-0.05, 0) is 67.1 Å². The number of furan rings is 2. The second-order valence-corrected chi connectivity index (χ2v) is 8.26. The van der Waals surface area contributed by atoms with Crippen LogP contribution in [0.25, 0.3) is 33.9 Å². The average Bonchev–Trinajstić information content (AvgIpc) is 3.65. The van der Waals surface area contributed by atoms with E-state index in [-0.39, 0.29) is 23.2 Å². The van der Waals surface area contributed by atoms with Crippen LogP contribution < -0.4 is 5.32 Å². The number of anilines is 1. The fourth-order valence-corrected chi connectivity index (χ4v) is 3.82. The summed E-state index contributed by atoms with van der Waals surface area (Å²) in [5.74, 6) is -1.42. The maximum absolute atomic E-state index is 13.0. The molecule has 0 aliphatic heterocycles. The Bertz CT molecular complexity index is 1630. The molecule has 0 spiro atoms. The smallest absolute Gasteiger partial charge is 0.338 e. The van der Waals surface area contributed by atoms with Gasteiger partial charge in [0.1, 0.15) is 11.4 Å². The van der Waals surface area contributed by atoms with Crippen molar-refractivity contribution in [3.8, 4) is 22.9 Å². The van der Waals surface area contributed by atoms with Crippen LogP contribution in [0, 0.1) is 0 Å². The first-order valence-electron chi connectivity index (χ1n) is 11.7. The number of carbonyl (C=O) groups excluding carboxylic acids is 2. The standard InChI is InChI=1S/C28H21N3O7/c1-2-21(26(32)29-18-7-3-6-16(14-18)27(33)34)38-28(35)17-10-11-19-20(15-17)31-25(23-9-5-13-37-23)24(30-19)22-8-4-12-36-22/h3-15,21H,2H2,1H3,(H,29,32)(H,33,34). The van der Waals surface area contributed by atoms with Crippen LogP contribution in [-0.2, 0) is 9.53 Å². The number of amides is 1. The van der Waals surface area contributed by atoms with Gasteiger partial charge in [-0.15, -0.1) is 0 Å². The van der Waals surface area contributed by atoms with Crippen molar-refractivity contribution in [3.63, 3.8) is 0 Å². The predicted molar refractivity (Wildman–Crippen MR) is 136 cm³/mol. The van der Waals surface area contributed by atoms with E-state index < -0.39 is 23.9 Å². The molecule has 190 valence electrons. The SMILES string of the molecule is CCC(OC(=O)c1ccc2nc(-c3ccco3)c(-c3ccco3)nc2c1)C(=O)Nc1cccc(C(=O)O)c1. The summed E-state index contributed by atoms with van der Waals surface area (Å²) in [5, 5.41) is 11.7. The Morgan fingerprint density at radius 2 is 1.55 bits per heavy atom. The largest absolute Gasteiger partial charge is 0.478 e. The van der Waals surface area contributed by atoms with Crippen LogP contribution in [0.2, 0.25) is 0 Å². The van der Waals surface area contributed by atoms with Gasteiger partial charge in [-0.1, -0.05) is 13.0 Å². The number of hydrogen-bond donors (Lipinski definition) is 2. The Morgan fingerprint density at radius 1 is 0.868 bits per heavy atom. The molecule has 0 bridgehead atoms. The molecule has 2 aromatic carbocycles. The molecule has 0 saturated carbocycles. The Kier molecular flexibility index (Phi) is 6.68. The molecule has 0 aliphatic rings. The van der Waals surface area contributed by atoms with E-state index >= 15 is 0 Å². The van der Waals surface area contributed by atoms with Gasteiger partial charge in [0.25, 0.3) is 5.91 Å². The lowest BCUT2D eigenvalue weighted by atomic mass is 10.1. The number of rotatable bonds is 8. The highest BCUT2D eigenvalue weighted by molar-refractivity contribution is 5.99. The number of aromatic nitrogens is 2. The lowest BCUT2D eigenvalue weighted by Gasteiger charge is -2.16. The molecule has 0 radical (unpaired) electrons. The number of carboxylic acids is 1. The highest BCUT2D eigenvalue weighted by Gasteiger charge is 2.24. The first-order valence-corrected chi connectivity index (χ1v) is 11.7. The number of ether oxygens (including phenoxy) is 1. The lowest BCUT2D eigenvalue weighted by molar-refractivity contribution is -0.124. The number of nitrogens with zero attached hydrogens (tertiary/aromatic N) is 2. The van der Waals surface area contributed by atoms with Gasteiger partial charge in [0, 0.05) is 5.69 Å². The van der Waals surface area contributed by atoms with Crippen LogP contribution in [-0.4, -0.2) is 39.0 Å². The van der Waals surface area contributed by atoms with Crippen LogP contribution in [0.5, 0.6) is 0 Å². The molecule has 0 aliphatic carbocycles. The molecule has 38 heavy (non-hydrogen) atoms. The summed E-state index contributed by atoms with van der Waals surface area (Å²) in [6.45, 7) is 1.70. The van der Waals surface area contributed by atoms with Crippen molar-refractivity contribution in [2.75, 3.05) is 5.32 Å². The van der Waals surface area contributed by atoms with Crippen molar-refractivity contribution in [3.05, 3.63) is 90.4 Å². The van der Waals surface area contributed by atoms with Gasteiger partial charge in [0.15, 0.2) is 17.6 Å². The van der Waals surface area contributed by atoms with Gasteiger partial charge in [-0.2, -0.15) is 0 Å². The van der Waals surface area contributed by atoms with Gasteiger partial charge >= 0.3 is 11.9 Å². The number of fused-ring (bicyclic) bond motifs is 1. The zero-order valence-electron chi connectivity index (χ0n) is 20.1. The van der Waals surface area contributed by atoms with E-state index in [9.17, 15) is 14.4 Å². The predicted octanol–water partition coefficient (Wildman–Crippen LogP) is 5.42. The molecule has 1 amide bonds. The van der Waals surface area contributed by atoms with E-state index in [1.807, 2.05) is 0 Å². The van der Waals surface area contributed by atoms with Gasteiger partial charge in [0.2, 0.25) is 0 Å². The minimum Gasteiger partial charge on any atom is -0.478 e. The third kappa shape index (κ3) is 5.00. The molecule has 1 unspecified atom stereocenters. The van der Waals surface area contributed by atoms with Crippen molar-refractivity contribution in [2.45, 2.75) is 19.4 Å². The fraction of sp³-hybridized carbons (Fsp3) is 0.107. The molecule has 1 atom stereocenters. The van der Waals surface area contributed by atoms with Crippen LogP contribution in [0.4, 0.5) is 5.69 Å².